The maximum atomic E-state index is 13.2. The number of halogens is 1. The van der Waals surface area contributed by atoms with Crippen LogP contribution in [0.1, 0.15) is 52.9 Å². The third kappa shape index (κ3) is 4.32. The van der Waals surface area contributed by atoms with E-state index in [1.807, 2.05) is 18.7 Å². The number of nitrogens with zero attached hydrogens (tertiary/aromatic N) is 4. The van der Waals surface area contributed by atoms with E-state index in [-0.39, 0.29) is 29.5 Å². The second-order valence-electron chi connectivity index (χ2n) is 8.58. The molecule has 4 heterocycles. The van der Waals surface area contributed by atoms with E-state index in [0.29, 0.717) is 38.4 Å². The van der Waals surface area contributed by atoms with Gasteiger partial charge in [-0.1, -0.05) is 0 Å². The second kappa shape index (κ2) is 9.09. The molecule has 9 nitrogen and oxygen atoms in total. The van der Waals surface area contributed by atoms with Gasteiger partial charge in [0.05, 0.1) is 23.0 Å². The van der Waals surface area contributed by atoms with Crippen molar-refractivity contribution >= 4 is 33.7 Å². The number of carbonyl (C=O) groups excluding carboxylic acids is 3. The molecule has 0 aliphatic carbocycles. The van der Waals surface area contributed by atoms with E-state index in [2.05, 4.69) is 26.3 Å². The molecule has 2 aliphatic heterocycles. The van der Waals surface area contributed by atoms with Gasteiger partial charge in [-0.3, -0.25) is 19.1 Å². The van der Waals surface area contributed by atoms with Gasteiger partial charge in [0.15, 0.2) is 5.76 Å². The van der Waals surface area contributed by atoms with Crippen LogP contribution in [0.3, 0.4) is 0 Å². The quantitative estimate of drug-likeness (QED) is 0.672. The first kappa shape index (κ1) is 22.6. The van der Waals surface area contributed by atoms with E-state index in [4.69, 9.17) is 4.42 Å². The van der Waals surface area contributed by atoms with Gasteiger partial charge in [-0.25, -0.2) is 0 Å². The number of aromatic nitrogens is 2. The van der Waals surface area contributed by atoms with E-state index < -0.39 is 5.91 Å². The highest BCUT2D eigenvalue weighted by Gasteiger charge is 2.43. The van der Waals surface area contributed by atoms with Crippen molar-refractivity contribution in [2.75, 3.05) is 32.7 Å². The number of hydrogen-bond acceptors (Lipinski definition) is 5. The Bertz CT molecular complexity index is 1010. The molecule has 0 unspecified atom stereocenters. The molecule has 3 amide bonds. The molecule has 2 aromatic rings. The molecule has 0 atom stereocenters. The van der Waals surface area contributed by atoms with Crippen LogP contribution in [-0.2, 0) is 11.3 Å². The lowest BCUT2D eigenvalue weighted by molar-refractivity contribution is -0.132. The van der Waals surface area contributed by atoms with E-state index in [9.17, 15) is 14.4 Å². The van der Waals surface area contributed by atoms with Crippen LogP contribution < -0.4 is 5.32 Å². The predicted molar refractivity (Wildman–Crippen MR) is 120 cm³/mol. The Balaban J connectivity index is 1.31. The Morgan fingerprint density at radius 2 is 1.88 bits per heavy atom. The summed E-state index contributed by atoms with van der Waals surface area (Å²) in [4.78, 5) is 41.5. The summed E-state index contributed by atoms with van der Waals surface area (Å²) in [5.74, 6) is -0.292. The Hall–Kier alpha value is -2.62. The molecule has 1 N–H and O–H groups in total. The summed E-state index contributed by atoms with van der Waals surface area (Å²) in [5.41, 5.74) is 1.47. The molecular weight excluding hydrogens is 478 g/mol. The van der Waals surface area contributed by atoms with Crippen LogP contribution in [0, 0.1) is 12.3 Å². The van der Waals surface area contributed by atoms with Crippen LogP contribution in [0.25, 0.3) is 0 Å². The lowest BCUT2D eigenvalue weighted by atomic mass is 9.78. The zero-order valence-corrected chi connectivity index (χ0v) is 20.0. The van der Waals surface area contributed by atoms with Crippen LogP contribution in [0.4, 0.5) is 0 Å². The Morgan fingerprint density at radius 1 is 1.19 bits per heavy atom. The summed E-state index contributed by atoms with van der Waals surface area (Å²) in [6.07, 6.45) is 4.06. The summed E-state index contributed by atoms with van der Waals surface area (Å²) in [5, 5.41) is 7.05. The predicted octanol–water partition coefficient (Wildman–Crippen LogP) is 2.45. The van der Waals surface area contributed by atoms with Crippen molar-refractivity contribution in [1.29, 1.82) is 0 Å². The van der Waals surface area contributed by atoms with Gasteiger partial charge >= 0.3 is 0 Å². The summed E-state index contributed by atoms with van der Waals surface area (Å²) < 4.78 is 7.56. The molecule has 32 heavy (non-hydrogen) atoms. The topological polar surface area (TPSA) is 101 Å². The Labute approximate surface area is 195 Å². The van der Waals surface area contributed by atoms with Crippen LogP contribution in [0.15, 0.2) is 27.3 Å². The Kier molecular flexibility index (Phi) is 6.41. The molecule has 172 valence electrons. The molecule has 4 rings (SSSR count). The van der Waals surface area contributed by atoms with Gasteiger partial charge in [-0.2, -0.15) is 5.10 Å². The first-order valence-electron chi connectivity index (χ1n) is 11.0. The monoisotopic (exact) mass is 505 g/mol. The third-order valence-electron chi connectivity index (χ3n) is 6.60. The van der Waals surface area contributed by atoms with Crippen molar-refractivity contribution in [3.05, 3.63) is 40.0 Å². The Morgan fingerprint density at radius 3 is 2.50 bits per heavy atom. The summed E-state index contributed by atoms with van der Waals surface area (Å²) in [6, 6.07) is 3.19. The number of aryl methyl sites for hydroxylation is 2. The van der Waals surface area contributed by atoms with Gasteiger partial charge in [0, 0.05) is 32.7 Å². The van der Waals surface area contributed by atoms with Gasteiger partial charge < -0.3 is 19.5 Å². The normalized spacial score (nSPS) is 17.7. The zero-order chi connectivity index (χ0) is 22.9. The summed E-state index contributed by atoms with van der Waals surface area (Å²) in [6.45, 7) is 7.13. The van der Waals surface area contributed by atoms with Gasteiger partial charge in [0.25, 0.3) is 11.8 Å². The van der Waals surface area contributed by atoms with Crippen LogP contribution in [0.2, 0.25) is 0 Å². The molecule has 2 fully saturated rings. The molecule has 1 spiro atoms. The minimum absolute atomic E-state index is 0.00958. The second-order valence-corrected chi connectivity index (χ2v) is 9.37. The van der Waals surface area contributed by atoms with Gasteiger partial charge in [0.1, 0.15) is 5.69 Å². The molecule has 0 radical (unpaired) electrons. The fourth-order valence-electron chi connectivity index (χ4n) is 4.65. The molecule has 10 heteroatoms. The molecule has 0 bridgehead atoms. The highest BCUT2D eigenvalue weighted by Crippen LogP contribution is 2.41. The van der Waals surface area contributed by atoms with Crippen LogP contribution >= 0.6 is 15.9 Å². The molecule has 2 saturated heterocycles. The van der Waals surface area contributed by atoms with E-state index in [1.165, 1.54) is 6.26 Å². The zero-order valence-electron chi connectivity index (χ0n) is 18.4. The van der Waals surface area contributed by atoms with Crippen molar-refractivity contribution in [1.82, 2.24) is 24.9 Å². The first-order valence-corrected chi connectivity index (χ1v) is 11.7. The van der Waals surface area contributed by atoms with Crippen LogP contribution in [0.5, 0.6) is 0 Å². The van der Waals surface area contributed by atoms with Crippen molar-refractivity contribution in [2.24, 2.45) is 5.41 Å². The van der Waals surface area contributed by atoms with Gasteiger partial charge in [-0.15, -0.1) is 0 Å². The third-order valence-corrected chi connectivity index (χ3v) is 7.55. The number of carbonyl (C=O) groups is 3. The van der Waals surface area contributed by atoms with Crippen molar-refractivity contribution in [3.8, 4) is 0 Å². The number of furan rings is 1. The number of likely N-dealkylation sites (tertiary alicyclic amines) is 2. The lowest BCUT2D eigenvalue weighted by Gasteiger charge is -2.39. The number of hydrogen-bond donors (Lipinski definition) is 1. The lowest BCUT2D eigenvalue weighted by Crippen LogP contribution is -2.47. The van der Waals surface area contributed by atoms with E-state index in [1.54, 1.807) is 21.7 Å². The van der Waals surface area contributed by atoms with Crippen molar-refractivity contribution in [3.63, 3.8) is 0 Å². The van der Waals surface area contributed by atoms with E-state index in [0.717, 1.165) is 29.4 Å². The molecule has 0 saturated carbocycles. The first-order chi connectivity index (χ1) is 15.3. The largest absolute Gasteiger partial charge is 0.459 e. The fraction of sp³-hybridized carbons (Fsp3) is 0.545. The SMILES string of the molecule is CCn1nc(C)c(Br)c1C(=O)N1CCC2(CCN(C(=O)CNC(=O)c3ccco3)CC2)C1. The smallest absolute Gasteiger partial charge is 0.287 e. The molecule has 0 aromatic carbocycles. The number of amides is 3. The molecular formula is C22H28BrN5O4. The molecule has 2 aromatic heterocycles. The van der Waals surface area contributed by atoms with Crippen LogP contribution in [-0.4, -0.2) is 70.0 Å². The molecule has 2 aliphatic rings. The number of rotatable bonds is 5. The average Bonchev–Trinajstić information content (AvgIpc) is 3.53. The number of piperidine rings is 1. The summed E-state index contributed by atoms with van der Waals surface area (Å²) >= 11 is 3.53. The van der Waals surface area contributed by atoms with E-state index >= 15 is 0 Å². The summed E-state index contributed by atoms with van der Waals surface area (Å²) in [7, 11) is 0. The highest BCUT2D eigenvalue weighted by atomic mass is 79.9. The maximum absolute atomic E-state index is 13.2. The minimum atomic E-state index is -0.394. The number of nitrogens with one attached hydrogen (secondary N) is 1. The average molecular weight is 506 g/mol. The minimum Gasteiger partial charge on any atom is -0.459 e. The van der Waals surface area contributed by atoms with Gasteiger partial charge in [0.2, 0.25) is 5.91 Å². The maximum Gasteiger partial charge on any atom is 0.287 e. The van der Waals surface area contributed by atoms with Crippen molar-refractivity contribution < 1.29 is 18.8 Å². The standard InChI is InChI=1S/C22H28BrN5O4/c1-3-28-19(18(23)15(2)25-28)21(31)27-11-8-22(14-27)6-9-26(10-7-22)17(29)13-24-20(30)16-5-4-12-32-16/h4-5,12H,3,6-11,13-14H2,1-2H3,(H,24,30). The fourth-order valence-corrected chi connectivity index (χ4v) is 5.11. The van der Waals surface area contributed by atoms with Gasteiger partial charge in [-0.05, 0) is 66.6 Å². The van der Waals surface area contributed by atoms with Crippen molar-refractivity contribution in [2.45, 2.75) is 39.7 Å². The highest BCUT2D eigenvalue weighted by molar-refractivity contribution is 9.10.